The maximum Gasteiger partial charge on any atom is 0.325 e. The summed E-state index contributed by atoms with van der Waals surface area (Å²) in [4.78, 5) is 41.7. The molecule has 3 N–H and O–H groups in total. The molecule has 0 radical (unpaired) electrons. The van der Waals surface area contributed by atoms with Crippen LogP contribution in [0, 0.1) is 0 Å². The first kappa shape index (κ1) is 20.7. The summed E-state index contributed by atoms with van der Waals surface area (Å²) in [7, 11) is 0. The summed E-state index contributed by atoms with van der Waals surface area (Å²) >= 11 is 0. The van der Waals surface area contributed by atoms with Crippen LogP contribution >= 0.6 is 0 Å². The molecule has 2 heterocycles. The Kier molecular flexibility index (Phi) is 6.02. The Labute approximate surface area is 180 Å². The van der Waals surface area contributed by atoms with Gasteiger partial charge in [0.05, 0.1) is 0 Å². The molecule has 31 heavy (non-hydrogen) atoms. The van der Waals surface area contributed by atoms with Crippen LogP contribution < -0.4 is 10.6 Å². The van der Waals surface area contributed by atoms with Crippen LogP contribution in [0.1, 0.15) is 30.9 Å². The van der Waals surface area contributed by atoms with Crippen molar-refractivity contribution in [2.45, 2.75) is 38.6 Å². The van der Waals surface area contributed by atoms with Gasteiger partial charge in [0.1, 0.15) is 12.6 Å². The van der Waals surface area contributed by atoms with Gasteiger partial charge < -0.3 is 15.6 Å². The average molecular weight is 418 g/mol. The number of H-pyrrole nitrogens is 1. The molecule has 0 spiro atoms. The van der Waals surface area contributed by atoms with Gasteiger partial charge in [0.15, 0.2) is 0 Å². The fourth-order valence-corrected chi connectivity index (χ4v) is 3.87. The van der Waals surface area contributed by atoms with Crippen molar-refractivity contribution in [1.82, 2.24) is 15.2 Å². The minimum Gasteiger partial charge on any atom is -0.361 e. The quantitative estimate of drug-likeness (QED) is 0.488. The number of aromatic nitrogens is 1. The van der Waals surface area contributed by atoms with Crippen LogP contribution in [-0.2, 0) is 22.4 Å². The molecule has 1 fully saturated rings. The maximum atomic E-state index is 12.8. The highest BCUT2D eigenvalue weighted by Gasteiger charge is 2.39. The summed E-state index contributed by atoms with van der Waals surface area (Å²) in [6.45, 7) is 1.84. The molecule has 1 unspecified atom stereocenters. The van der Waals surface area contributed by atoms with Crippen LogP contribution in [0.3, 0.4) is 0 Å². The number of hydrogen-bond donors (Lipinski definition) is 3. The predicted octanol–water partition coefficient (Wildman–Crippen LogP) is 3.61. The number of hydrogen-bond acceptors (Lipinski definition) is 3. The van der Waals surface area contributed by atoms with Crippen LogP contribution in [0.25, 0.3) is 10.9 Å². The van der Waals surface area contributed by atoms with Crippen LogP contribution in [0.4, 0.5) is 10.5 Å². The number of unbranched alkanes of at least 4 members (excludes halogenated alkanes) is 1. The average Bonchev–Trinajstić information content (AvgIpc) is 3.29. The number of para-hydroxylation sites is 1. The zero-order valence-electron chi connectivity index (χ0n) is 17.5. The van der Waals surface area contributed by atoms with Gasteiger partial charge in [0.25, 0.3) is 5.91 Å². The van der Waals surface area contributed by atoms with Gasteiger partial charge in [0.2, 0.25) is 5.91 Å². The van der Waals surface area contributed by atoms with Gasteiger partial charge in [-0.1, -0.05) is 43.7 Å². The van der Waals surface area contributed by atoms with Gasteiger partial charge in [0, 0.05) is 29.2 Å². The molecular weight excluding hydrogens is 392 g/mol. The normalized spacial score (nSPS) is 16.0. The first-order valence-corrected chi connectivity index (χ1v) is 10.6. The molecule has 7 heteroatoms. The number of nitrogens with one attached hydrogen (secondary N) is 3. The van der Waals surface area contributed by atoms with E-state index in [-0.39, 0.29) is 12.5 Å². The molecule has 0 aliphatic carbocycles. The molecule has 0 bridgehead atoms. The van der Waals surface area contributed by atoms with Crippen LogP contribution in [0.5, 0.6) is 0 Å². The standard InChI is InChI=1S/C24H26N4O3/c1-2-3-6-16-9-11-18(12-10-16)26-22(29)15-28-23(30)21(27-24(28)31)13-17-14-25-20-8-5-4-7-19(17)20/h4-5,7-12,14,21,25H,2-3,6,13,15H2,1H3,(H,26,29)(H,27,31). The molecule has 7 nitrogen and oxygen atoms in total. The molecule has 1 aliphatic rings. The number of nitrogens with zero attached hydrogens (tertiary/aromatic N) is 1. The fourth-order valence-electron chi connectivity index (χ4n) is 3.87. The van der Waals surface area contributed by atoms with E-state index in [4.69, 9.17) is 0 Å². The van der Waals surface area contributed by atoms with E-state index in [1.54, 1.807) is 0 Å². The number of aryl methyl sites for hydroxylation is 1. The van der Waals surface area contributed by atoms with Gasteiger partial charge >= 0.3 is 6.03 Å². The molecule has 0 saturated carbocycles. The van der Waals surface area contributed by atoms with Crippen molar-refractivity contribution in [3.63, 3.8) is 0 Å². The summed E-state index contributed by atoms with van der Waals surface area (Å²) in [6, 6.07) is 14.2. The van der Waals surface area contributed by atoms with E-state index in [0.717, 1.165) is 40.6 Å². The zero-order chi connectivity index (χ0) is 21.8. The lowest BCUT2D eigenvalue weighted by molar-refractivity contribution is -0.130. The molecule has 4 rings (SSSR count). The number of rotatable bonds is 8. The highest BCUT2D eigenvalue weighted by atomic mass is 16.2. The SMILES string of the molecule is CCCCc1ccc(NC(=O)CN2C(=O)NC(Cc3c[nH]c4ccccc34)C2=O)cc1. The monoisotopic (exact) mass is 418 g/mol. The molecule has 3 aromatic rings. The van der Waals surface area contributed by atoms with E-state index >= 15 is 0 Å². The number of amides is 4. The number of fused-ring (bicyclic) bond motifs is 1. The summed E-state index contributed by atoms with van der Waals surface area (Å²) < 4.78 is 0. The van der Waals surface area contributed by atoms with Gasteiger partial charge in [-0.2, -0.15) is 0 Å². The number of anilines is 1. The fraction of sp³-hybridized carbons (Fsp3) is 0.292. The summed E-state index contributed by atoms with van der Waals surface area (Å²) in [5, 5.41) is 6.47. The molecule has 160 valence electrons. The van der Waals surface area contributed by atoms with E-state index in [0.29, 0.717) is 12.1 Å². The number of carbonyl (C=O) groups excluding carboxylic acids is 3. The van der Waals surface area contributed by atoms with Gasteiger partial charge in [-0.05, 0) is 42.2 Å². The van der Waals surface area contributed by atoms with Crippen molar-refractivity contribution in [2.75, 3.05) is 11.9 Å². The van der Waals surface area contributed by atoms with Gasteiger partial charge in [-0.3, -0.25) is 14.5 Å². The van der Waals surface area contributed by atoms with Gasteiger partial charge in [-0.25, -0.2) is 4.79 Å². The third kappa shape index (κ3) is 4.60. The molecule has 1 aliphatic heterocycles. The summed E-state index contributed by atoms with van der Waals surface area (Å²) in [6.07, 6.45) is 5.48. The van der Waals surface area contributed by atoms with Crippen molar-refractivity contribution in [3.05, 3.63) is 65.9 Å². The lowest BCUT2D eigenvalue weighted by Crippen LogP contribution is -2.38. The number of urea groups is 1. The lowest BCUT2D eigenvalue weighted by atomic mass is 10.1. The third-order valence-electron chi connectivity index (χ3n) is 5.56. The first-order chi connectivity index (χ1) is 15.0. The van der Waals surface area contributed by atoms with Crippen molar-refractivity contribution in [1.29, 1.82) is 0 Å². The molecular formula is C24H26N4O3. The second kappa shape index (κ2) is 9.04. The number of imide groups is 1. The number of aromatic amines is 1. The molecule has 4 amide bonds. The van der Waals surface area contributed by atoms with Crippen LogP contribution in [0.2, 0.25) is 0 Å². The van der Waals surface area contributed by atoms with E-state index < -0.39 is 18.0 Å². The zero-order valence-corrected chi connectivity index (χ0v) is 17.5. The van der Waals surface area contributed by atoms with Crippen molar-refractivity contribution in [2.24, 2.45) is 0 Å². The van der Waals surface area contributed by atoms with Crippen LogP contribution in [-0.4, -0.2) is 40.3 Å². The molecule has 1 atom stereocenters. The minimum absolute atomic E-state index is 0.313. The Hall–Kier alpha value is -3.61. The maximum absolute atomic E-state index is 12.8. The van der Waals surface area contributed by atoms with E-state index in [1.165, 1.54) is 5.56 Å². The second-order valence-corrected chi connectivity index (χ2v) is 7.84. The minimum atomic E-state index is -0.683. The summed E-state index contributed by atoms with van der Waals surface area (Å²) in [5.74, 6) is -0.794. The van der Waals surface area contributed by atoms with Crippen molar-refractivity contribution in [3.8, 4) is 0 Å². The van der Waals surface area contributed by atoms with Crippen molar-refractivity contribution >= 4 is 34.4 Å². The third-order valence-corrected chi connectivity index (χ3v) is 5.56. The second-order valence-electron chi connectivity index (χ2n) is 7.84. The first-order valence-electron chi connectivity index (χ1n) is 10.6. The van der Waals surface area contributed by atoms with Crippen molar-refractivity contribution < 1.29 is 14.4 Å². The smallest absolute Gasteiger partial charge is 0.325 e. The largest absolute Gasteiger partial charge is 0.361 e. The molecule has 1 saturated heterocycles. The highest BCUT2D eigenvalue weighted by molar-refractivity contribution is 6.08. The Bertz CT molecular complexity index is 1100. The number of benzene rings is 2. The Morgan fingerprint density at radius 1 is 1.10 bits per heavy atom. The summed E-state index contributed by atoms with van der Waals surface area (Å²) in [5.41, 5.74) is 3.79. The van der Waals surface area contributed by atoms with Crippen LogP contribution in [0.15, 0.2) is 54.7 Å². The lowest BCUT2D eigenvalue weighted by Gasteiger charge is -2.13. The van der Waals surface area contributed by atoms with E-state index in [2.05, 4.69) is 22.5 Å². The molecule has 2 aromatic carbocycles. The Morgan fingerprint density at radius 3 is 2.65 bits per heavy atom. The Morgan fingerprint density at radius 2 is 1.87 bits per heavy atom. The van der Waals surface area contributed by atoms with Gasteiger partial charge in [-0.15, -0.1) is 0 Å². The predicted molar refractivity (Wildman–Crippen MR) is 120 cm³/mol. The topological polar surface area (TPSA) is 94.3 Å². The highest BCUT2D eigenvalue weighted by Crippen LogP contribution is 2.21. The van der Waals surface area contributed by atoms with E-state index in [1.807, 2.05) is 54.7 Å². The Balaban J connectivity index is 1.36. The van der Waals surface area contributed by atoms with E-state index in [9.17, 15) is 14.4 Å². The number of carbonyl (C=O) groups is 3. The molecule has 1 aromatic heterocycles.